The molecule has 13 heavy (non-hydrogen) atoms. The Morgan fingerprint density at radius 2 is 2.54 bits per heavy atom. The first kappa shape index (κ1) is 8.78. The van der Waals surface area contributed by atoms with Gasteiger partial charge in [0.05, 0.1) is 12.7 Å². The summed E-state index contributed by atoms with van der Waals surface area (Å²) in [6.07, 6.45) is 4.55. The van der Waals surface area contributed by atoms with Crippen molar-refractivity contribution in [2.75, 3.05) is 19.7 Å². The number of aromatic amines is 1. The Balaban J connectivity index is 1.72. The van der Waals surface area contributed by atoms with E-state index < -0.39 is 0 Å². The molecule has 2 heterocycles. The Labute approximate surface area is 78.5 Å². The summed E-state index contributed by atoms with van der Waals surface area (Å²) in [5.74, 6) is 0. The number of morpholine rings is 1. The first-order valence-corrected chi connectivity index (χ1v) is 4.90. The largest absolute Gasteiger partial charge is 0.376 e. The van der Waals surface area contributed by atoms with E-state index in [2.05, 4.69) is 16.4 Å². The second-order valence-corrected chi connectivity index (χ2v) is 3.43. The summed E-state index contributed by atoms with van der Waals surface area (Å²) in [6, 6.07) is 4.16. The number of rotatable bonds is 3. The van der Waals surface area contributed by atoms with Crippen LogP contribution in [-0.4, -0.2) is 30.8 Å². The first-order chi connectivity index (χ1) is 6.45. The molecule has 3 heteroatoms. The smallest absolute Gasteiger partial charge is 0.0703 e. The molecule has 1 atom stereocenters. The van der Waals surface area contributed by atoms with Crippen molar-refractivity contribution in [3.63, 3.8) is 0 Å². The molecule has 0 spiro atoms. The fraction of sp³-hybridized carbons (Fsp3) is 0.600. The summed E-state index contributed by atoms with van der Waals surface area (Å²) in [6.45, 7) is 2.86. The zero-order chi connectivity index (χ0) is 8.93. The van der Waals surface area contributed by atoms with Crippen LogP contribution in [0.25, 0.3) is 0 Å². The quantitative estimate of drug-likeness (QED) is 0.726. The molecule has 0 radical (unpaired) electrons. The molecule has 0 amide bonds. The van der Waals surface area contributed by atoms with Crippen molar-refractivity contribution < 1.29 is 4.74 Å². The summed E-state index contributed by atoms with van der Waals surface area (Å²) in [5, 5.41) is 3.33. The van der Waals surface area contributed by atoms with Crippen molar-refractivity contribution >= 4 is 0 Å². The van der Waals surface area contributed by atoms with Gasteiger partial charge in [-0.15, -0.1) is 0 Å². The Hall–Kier alpha value is -0.800. The van der Waals surface area contributed by atoms with Gasteiger partial charge in [-0.05, 0) is 25.0 Å². The highest BCUT2D eigenvalue weighted by Crippen LogP contribution is 2.06. The Bertz CT molecular complexity index is 227. The van der Waals surface area contributed by atoms with Crippen LogP contribution in [0.1, 0.15) is 12.1 Å². The lowest BCUT2D eigenvalue weighted by molar-refractivity contribution is 0.0237. The number of aryl methyl sites for hydroxylation is 1. The number of hydrogen-bond acceptors (Lipinski definition) is 2. The van der Waals surface area contributed by atoms with Gasteiger partial charge in [-0.3, -0.25) is 0 Å². The number of nitrogens with one attached hydrogen (secondary N) is 2. The van der Waals surface area contributed by atoms with Crippen LogP contribution in [0.4, 0.5) is 0 Å². The summed E-state index contributed by atoms with van der Waals surface area (Å²) in [7, 11) is 0. The van der Waals surface area contributed by atoms with Gasteiger partial charge in [0.15, 0.2) is 0 Å². The van der Waals surface area contributed by atoms with Gasteiger partial charge in [-0.25, -0.2) is 0 Å². The van der Waals surface area contributed by atoms with E-state index in [1.54, 1.807) is 0 Å². The standard InChI is InChI=1S/C10H16N2O/c1-2-9(12-5-1)3-4-10-8-11-6-7-13-10/h1-2,5,10-12H,3-4,6-8H2. The van der Waals surface area contributed by atoms with Gasteiger partial charge >= 0.3 is 0 Å². The maximum absolute atomic E-state index is 5.60. The van der Waals surface area contributed by atoms with Crippen LogP contribution in [0.15, 0.2) is 18.3 Å². The predicted molar refractivity (Wildman–Crippen MR) is 51.7 cm³/mol. The minimum absolute atomic E-state index is 0.400. The fourth-order valence-corrected chi connectivity index (χ4v) is 1.64. The predicted octanol–water partition coefficient (Wildman–Crippen LogP) is 0.936. The summed E-state index contributed by atoms with van der Waals surface area (Å²) < 4.78 is 5.60. The number of ether oxygens (including phenoxy) is 1. The molecule has 3 nitrogen and oxygen atoms in total. The summed E-state index contributed by atoms with van der Waals surface area (Å²) in [4.78, 5) is 3.20. The third-order valence-electron chi connectivity index (χ3n) is 2.40. The highest BCUT2D eigenvalue weighted by molar-refractivity contribution is 5.03. The van der Waals surface area contributed by atoms with Crippen LogP contribution in [-0.2, 0) is 11.2 Å². The van der Waals surface area contributed by atoms with Crippen LogP contribution in [0.3, 0.4) is 0 Å². The lowest BCUT2D eigenvalue weighted by Crippen LogP contribution is -2.38. The molecule has 1 fully saturated rings. The zero-order valence-electron chi connectivity index (χ0n) is 7.75. The monoisotopic (exact) mass is 180 g/mol. The van der Waals surface area contributed by atoms with Crippen molar-refractivity contribution in [2.45, 2.75) is 18.9 Å². The molecule has 1 saturated heterocycles. The Morgan fingerprint density at radius 1 is 1.54 bits per heavy atom. The second-order valence-electron chi connectivity index (χ2n) is 3.43. The molecular formula is C10H16N2O. The van der Waals surface area contributed by atoms with Gasteiger partial charge in [0, 0.05) is 25.0 Å². The molecule has 1 aliphatic rings. The maximum Gasteiger partial charge on any atom is 0.0703 e. The molecule has 1 aliphatic heterocycles. The van der Waals surface area contributed by atoms with Gasteiger partial charge in [0.1, 0.15) is 0 Å². The van der Waals surface area contributed by atoms with E-state index in [0.717, 1.165) is 32.5 Å². The van der Waals surface area contributed by atoms with Crippen molar-refractivity contribution in [1.82, 2.24) is 10.3 Å². The Morgan fingerprint density at radius 3 is 3.23 bits per heavy atom. The average molecular weight is 180 g/mol. The molecule has 1 unspecified atom stereocenters. The molecule has 0 aliphatic carbocycles. The third kappa shape index (κ3) is 2.57. The molecule has 0 bridgehead atoms. The van der Waals surface area contributed by atoms with E-state index in [1.807, 2.05) is 12.3 Å². The molecule has 1 aromatic heterocycles. The van der Waals surface area contributed by atoms with E-state index in [4.69, 9.17) is 4.74 Å². The molecule has 0 saturated carbocycles. The molecule has 0 aromatic carbocycles. The number of hydrogen-bond donors (Lipinski definition) is 2. The van der Waals surface area contributed by atoms with E-state index in [9.17, 15) is 0 Å². The molecule has 72 valence electrons. The molecule has 2 N–H and O–H groups in total. The van der Waals surface area contributed by atoms with E-state index in [1.165, 1.54) is 5.69 Å². The lowest BCUT2D eigenvalue weighted by Gasteiger charge is -2.23. The molecule has 2 rings (SSSR count). The third-order valence-corrected chi connectivity index (χ3v) is 2.40. The Kier molecular flexibility index (Phi) is 3.00. The lowest BCUT2D eigenvalue weighted by atomic mass is 10.1. The highest BCUT2D eigenvalue weighted by Gasteiger charge is 2.12. The molecular weight excluding hydrogens is 164 g/mol. The fourth-order valence-electron chi connectivity index (χ4n) is 1.64. The van der Waals surface area contributed by atoms with Crippen LogP contribution >= 0.6 is 0 Å². The van der Waals surface area contributed by atoms with Crippen molar-refractivity contribution in [3.05, 3.63) is 24.0 Å². The van der Waals surface area contributed by atoms with E-state index in [0.29, 0.717) is 6.10 Å². The maximum atomic E-state index is 5.60. The van der Waals surface area contributed by atoms with Gasteiger partial charge < -0.3 is 15.0 Å². The first-order valence-electron chi connectivity index (χ1n) is 4.90. The SMILES string of the molecule is c1c[nH]c(CCC2CNCCO2)c1. The van der Waals surface area contributed by atoms with Crippen LogP contribution in [0, 0.1) is 0 Å². The van der Waals surface area contributed by atoms with E-state index >= 15 is 0 Å². The summed E-state index contributed by atoms with van der Waals surface area (Å²) in [5.41, 5.74) is 1.30. The second kappa shape index (κ2) is 4.44. The van der Waals surface area contributed by atoms with Gasteiger partial charge in [-0.1, -0.05) is 0 Å². The van der Waals surface area contributed by atoms with Gasteiger partial charge in [0.25, 0.3) is 0 Å². The van der Waals surface area contributed by atoms with E-state index in [-0.39, 0.29) is 0 Å². The minimum atomic E-state index is 0.400. The van der Waals surface area contributed by atoms with Crippen LogP contribution < -0.4 is 5.32 Å². The van der Waals surface area contributed by atoms with Crippen molar-refractivity contribution in [2.24, 2.45) is 0 Å². The zero-order valence-corrected chi connectivity index (χ0v) is 7.75. The number of aromatic nitrogens is 1. The number of H-pyrrole nitrogens is 1. The van der Waals surface area contributed by atoms with Crippen LogP contribution in [0.5, 0.6) is 0 Å². The summed E-state index contributed by atoms with van der Waals surface area (Å²) >= 11 is 0. The van der Waals surface area contributed by atoms with Gasteiger partial charge in [0.2, 0.25) is 0 Å². The molecule has 1 aromatic rings. The van der Waals surface area contributed by atoms with Crippen molar-refractivity contribution in [3.8, 4) is 0 Å². The topological polar surface area (TPSA) is 37.0 Å². The van der Waals surface area contributed by atoms with Crippen molar-refractivity contribution in [1.29, 1.82) is 0 Å². The van der Waals surface area contributed by atoms with Crippen LogP contribution in [0.2, 0.25) is 0 Å². The normalized spacial score (nSPS) is 23.2. The highest BCUT2D eigenvalue weighted by atomic mass is 16.5. The minimum Gasteiger partial charge on any atom is -0.376 e. The average Bonchev–Trinajstić information content (AvgIpc) is 2.69. The van der Waals surface area contributed by atoms with Gasteiger partial charge in [-0.2, -0.15) is 0 Å².